The summed E-state index contributed by atoms with van der Waals surface area (Å²) in [4.78, 5) is 23.8. The Hall–Kier alpha value is -2.09. The van der Waals surface area contributed by atoms with Gasteiger partial charge >= 0.3 is 0 Å². The van der Waals surface area contributed by atoms with Gasteiger partial charge in [-0.2, -0.15) is 5.26 Å². The summed E-state index contributed by atoms with van der Waals surface area (Å²) in [5.74, 6) is -0.207. The highest BCUT2D eigenvalue weighted by Gasteiger charge is 2.11. The van der Waals surface area contributed by atoms with Crippen molar-refractivity contribution in [2.24, 2.45) is 0 Å². The highest BCUT2D eigenvalue weighted by molar-refractivity contribution is 5.76. The predicted octanol–water partition coefficient (Wildman–Crippen LogP) is 1.33. The van der Waals surface area contributed by atoms with E-state index in [2.05, 4.69) is 5.32 Å². The number of nitrogens with one attached hydrogen (secondary N) is 1. The molecule has 0 aliphatic carbocycles. The summed E-state index contributed by atoms with van der Waals surface area (Å²) in [6.45, 7) is 5.68. The molecule has 0 aliphatic rings. The molecular formula is C14H19N3O2. The van der Waals surface area contributed by atoms with Crippen LogP contribution in [0.1, 0.15) is 37.9 Å². The quantitative estimate of drug-likeness (QED) is 0.869. The van der Waals surface area contributed by atoms with E-state index in [4.69, 9.17) is 5.26 Å². The van der Waals surface area contributed by atoms with Crippen LogP contribution in [0.5, 0.6) is 0 Å². The minimum atomic E-state index is -0.416. The first kappa shape index (κ1) is 15.0. The van der Waals surface area contributed by atoms with E-state index in [0.717, 1.165) is 12.8 Å². The number of hydrogen-bond acceptors (Lipinski definition) is 3. The minimum Gasteiger partial charge on any atom is -0.352 e. The molecule has 1 aromatic rings. The molecule has 0 aliphatic heterocycles. The normalized spacial score (nSPS) is 11.7. The third-order valence-electron chi connectivity index (χ3n) is 2.94. The van der Waals surface area contributed by atoms with Gasteiger partial charge in [-0.3, -0.25) is 9.59 Å². The van der Waals surface area contributed by atoms with Gasteiger partial charge in [0.15, 0.2) is 0 Å². The molecule has 1 heterocycles. The van der Waals surface area contributed by atoms with Crippen LogP contribution in [0.25, 0.3) is 0 Å². The average Bonchev–Trinajstić information content (AvgIpc) is 2.35. The first-order valence-corrected chi connectivity index (χ1v) is 6.39. The first-order chi connectivity index (χ1) is 8.99. The molecular weight excluding hydrogens is 242 g/mol. The highest BCUT2D eigenvalue weighted by Crippen LogP contribution is 1.99. The average molecular weight is 261 g/mol. The molecule has 0 fully saturated rings. The maximum absolute atomic E-state index is 11.9. The number of pyridine rings is 1. The van der Waals surface area contributed by atoms with Crippen molar-refractivity contribution in [3.05, 3.63) is 33.7 Å². The molecule has 1 atom stereocenters. The molecule has 0 bridgehead atoms. The Morgan fingerprint density at radius 1 is 1.53 bits per heavy atom. The van der Waals surface area contributed by atoms with Crippen LogP contribution in [-0.4, -0.2) is 16.5 Å². The number of nitriles is 1. The molecule has 0 aromatic carbocycles. The molecule has 1 aromatic heterocycles. The number of carbonyl (C=O) groups is 1. The lowest BCUT2D eigenvalue weighted by atomic mass is 10.2. The lowest BCUT2D eigenvalue weighted by Gasteiger charge is -2.14. The number of amides is 1. The standard InChI is InChI=1S/C14H19N3O2/c1-4-5-10(2)16-13(18)9-17-11(3)6-7-12(8-15)14(17)19/h6-7,10H,4-5,9H2,1-3H3,(H,16,18). The first-order valence-electron chi connectivity index (χ1n) is 6.39. The second-order valence-corrected chi connectivity index (χ2v) is 4.65. The van der Waals surface area contributed by atoms with Crippen LogP contribution in [0.2, 0.25) is 0 Å². The van der Waals surface area contributed by atoms with Crippen LogP contribution in [0.3, 0.4) is 0 Å². The molecule has 0 radical (unpaired) electrons. The van der Waals surface area contributed by atoms with Crippen molar-refractivity contribution in [1.29, 1.82) is 5.26 Å². The fourth-order valence-corrected chi connectivity index (χ4v) is 1.92. The van der Waals surface area contributed by atoms with Crippen molar-refractivity contribution < 1.29 is 4.79 Å². The van der Waals surface area contributed by atoms with Gasteiger partial charge in [-0.15, -0.1) is 0 Å². The van der Waals surface area contributed by atoms with E-state index in [1.807, 2.05) is 19.9 Å². The second-order valence-electron chi connectivity index (χ2n) is 4.65. The Balaban J connectivity index is 2.86. The maximum Gasteiger partial charge on any atom is 0.269 e. The summed E-state index contributed by atoms with van der Waals surface area (Å²) in [5, 5.41) is 11.7. The van der Waals surface area contributed by atoms with E-state index in [9.17, 15) is 9.59 Å². The molecule has 5 nitrogen and oxygen atoms in total. The molecule has 1 unspecified atom stereocenters. The van der Waals surface area contributed by atoms with Crippen molar-refractivity contribution in [2.45, 2.75) is 46.2 Å². The Bertz CT molecular complexity index is 555. The van der Waals surface area contributed by atoms with E-state index < -0.39 is 5.56 Å². The van der Waals surface area contributed by atoms with Gasteiger partial charge < -0.3 is 9.88 Å². The van der Waals surface area contributed by atoms with Crippen molar-refractivity contribution in [2.75, 3.05) is 0 Å². The molecule has 19 heavy (non-hydrogen) atoms. The fraction of sp³-hybridized carbons (Fsp3) is 0.500. The molecule has 0 saturated carbocycles. The van der Waals surface area contributed by atoms with E-state index in [0.29, 0.717) is 5.69 Å². The van der Waals surface area contributed by atoms with Crippen LogP contribution in [0.15, 0.2) is 16.9 Å². The predicted molar refractivity (Wildman–Crippen MR) is 72.7 cm³/mol. The summed E-state index contributed by atoms with van der Waals surface area (Å²) in [6, 6.07) is 5.07. The molecule has 102 valence electrons. The number of hydrogen-bond donors (Lipinski definition) is 1. The van der Waals surface area contributed by atoms with Crippen LogP contribution < -0.4 is 10.9 Å². The van der Waals surface area contributed by atoms with Crippen molar-refractivity contribution in [3.63, 3.8) is 0 Å². The van der Waals surface area contributed by atoms with E-state index in [1.165, 1.54) is 10.6 Å². The monoisotopic (exact) mass is 261 g/mol. The zero-order valence-electron chi connectivity index (χ0n) is 11.6. The molecule has 5 heteroatoms. The Labute approximate surface area is 112 Å². The summed E-state index contributed by atoms with van der Waals surface area (Å²) >= 11 is 0. The number of aromatic nitrogens is 1. The van der Waals surface area contributed by atoms with Gasteiger partial charge in [-0.25, -0.2) is 0 Å². The van der Waals surface area contributed by atoms with Gasteiger partial charge in [0.1, 0.15) is 18.2 Å². The molecule has 0 saturated heterocycles. The van der Waals surface area contributed by atoms with Gasteiger partial charge in [0.05, 0.1) is 0 Å². The molecule has 1 amide bonds. The zero-order chi connectivity index (χ0) is 14.4. The number of aryl methyl sites for hydroxylation is 1. The third kappa shape index (κ3) is 3.95. The lowest BCUT2D eigenvalue weighted by Crippen LogP contribution is -2.38. The topological polar surface area (TPSA) is 74.9 Å². The number of carbonyl (C=O) groups excluding carboxylic acids is 1. The summed E-state index contributed by atoms with van der Waals surface area (Å²) < 4.78 is 1.33. The highest BCUT2D eigenvalue weighted by atomic mass is 16.2. The van der Waals surface area contributed by atoms with E-state index in [1.54, 1.807) is 13.0 Å². The van der Waals surface area contributed by atoms with Gasteiger partial charge in [0.25, 0.3) is 5.56 Å². The van der Waals surface area contributed by atoms with Crippen molar-refractivity contribution in [1.82, 2.24) is 9.88 Å². The SMILES string of the molecule is CCCC(C)NC(=O)Cn1c(C)ccc(C#N)c1=O. The van der Waals surface area contributed by atoms with Gasteiger partial charge in [0, 0.05) is 11.7 Å². The fourth-order valence-electron chi connectivity index (χ4n) is 1.92. The Kier molecular flexibility index (Phi) is 5.31. The van der Waals surface area contributed by atoms with Crippen molar-refractivity contribution in [3.8, 4) is 6.07 Å². The largest absolute Gasteiger partial charge is 0.352 e. The summed E-state index contributed by atoms with van der Waals surface area (Å²) in [7, 11) is 0. The lowest BCUT2D eigenvalue weighted by molar-refractivity contribution is -0.122. The van der Waals surface area contributed by atoms with Crippen molar-refractivity contribution >= 4 is 5.91 Å². The van der Waals surface area contributed by atoms with Crippen LogP contribution >= 0.6 is 0 Å². The van der Waals surface area contributed by atoms with Crippen LogP contribution in [0.4, 0.5) is 0 Å². The number of nitrogens with zero attached hydrogens (tertiary/aromatic N) is 2. The van der Waals surface area contributed by atoms with Crippen LogP contribution in [-0.2, 0) is 11.3 Å². The van der Waals surface area contributed by atoms with Crippen LogP contribution in [0, 0.1) is 18.3 Å². The molecule has 0 spiro atoms. The van der Waals surface area contributed by atoms with Gasteiger partial charge in [-0.1, -0.05) is 13.3 Å². The van der Waals surface area contributed by atoms with E-state index >= 15 is 0 Å². The Morgan fingerprint density at radius 3 is 2.79 bits per heavy atom. The minimum absolute atomic E-state index is 0.0474. The molecule has 1 N–H and O–H groups in total. The smallest absolute Gasteiger partial charge is 0.269 e. The summed E-state index contributed by atoms with van der Waals surface area (Å²) in [5.41, 5.74) is 0.308. The number of rotatable bonds is 5. The zero-order valence-corrected chi connectivity index (χ0v) is 11.6. The molecule has 1 rings (SSSR count). The second kappa shape index (κ2) is 6.74. The maximum atomic E-state index is 11.9. The summed E-state index contributed by atoms with van der Waals surface area (Å²) in [6.07, 6.45) is 1.89. The van der Waals surface area contributed by atoms with E-state index in [-0.39, 0.29) is 24.1 Å². The Morgan fingerprint density at radius 2 is 2.21 bits per heavy atom. The van der Waals surface area contributed by atoms with Gasteiger partial charge in [0.2, 0.25) is 5.91 Å². The third-order valence-corrected chi connectivity index (χ3v) is 2.94. The van der Waals surface area contributed by atoms with Gasteiger partial charge in [-0.05, 0) is 32.4 Å².